The second-order valence-corrected chi connectivity index (χ2v) is 7.51. The Kier molecular flexibility index (Phi) is 4.82. The summed E-state index contributed by atoms with van der Waals surface area (Å²) in [6, 6.07) is 9.99. The first kappa shape index (κ1) is 19.1. The lowest BCUT2D eigenvalue weighted by molar-refractivity contribution is -0.130. The maximum Gasteiger partial charge on any atom is 0.325 e. The van der Waals surface area contributed by atoms with Crippen LogP contribution in [0.5, 0.6) is 0 Å². The monoisotopic (exact) mass is 384 g/mol. The van der Waals surface area contributed by atoms with Gasteiger partial charge in [-0.2, -0.15) is 0 Å². The van der Waals surface area contributed by atoms with Crippen molar-refractivity contribution < 1.29 is 14.4 Å². The van der Waals surface area contributed by atoms with E-state index in [1.165, 1.54) is 0 Å². The van der Waals surface area contributed by atoms with Crippen LogP contribution in [-0.2, 0) is 10.3 Å². The number of urea groups is 1. The Labute approximate surface area is 163 Å². The lowest BCUT2D eigenvalue weighted by Gasteiger charge is -2.23. The molecule has 1 fully saturated rings. The van der Waals surface area contributed by atoms with Crippen molar-refractivity contribution in [1.29, 1.82) is 0 Å². The summed E-state index contributed by atoms with van der Waals surface area (Å²) in [5.41, 5.74) is 2.62. The highest BCUT2D eigenvalue weighted by Crippen LogP contribution is 2.33. The third-order valence-corrected chi connectivity index (χ3v) is 5.46. The molecule has 1 heterocycles. The van der Waals surface area contributed by atoms with Crippen molar-refractivity contribution in [2.75, 3.05) is 6.54 Å². The molecule has 0 bridgehead atoms. The Hall–Kier alpha value is -2.66. The van der Waals surface area contributed by atoms with Crippen LogP contribution in [0.4, 0.5) is 4.79 Å². The molecule has 140 valence electrons. The first-order chi connectivity index (χ1) is 12.6. The molecule has 3 amide bonds. The van der Waals surface area contributed by atoms with Gasteiger partial charge >= 0.3 is 6.03 Å². The van der Waals surface area contributed by atoms with Gasteiger partial charge in [-0.05, 0) is 56.5 Å². The standard InChI is InChI=1S/C21H21ClN2O3/c1-12-9-14(3)15(10-13(12)2)18(25)11-24-19(26)21(4,23-20(24)27)16-7-5-6-8-17(16)22/h5-10H,11H2,1-4H3,(H,23,27)/t21-/m1/s1. The number of imide groups is 1. The second-order valence-electron chi connectivity index (χ2n) is 7.10. The Morgan fingerprint density at radius 3 is 2.37 bits per heavy atom. The predicted molar refractivity (Wildman–Crippen MR) is 104 cm³/mol. The first-order valence-electron chi connectivity index (χ1n) is 8.65. The second kappa shape index (κ2) is 6.82. The van der Waals surface area contributed by atoms with E-state index in [4.69, 9.17) is 11.6 Å². The van der Waals surface area contributed by atoms with E-state index in [-0.39, 0.29) is 12.3 Å². The van der Waals surface area contributed by atoms with Gasteiger partial charge in [0.05, 0.1) is 6.54 Å². The molecule has 2 aromatic rings. The molecule has 0 saturated carbocycles. The number of nitrogens with one attached hydrogen (secondary N) is 1. The third-order valence-electron chi connectivity index (χ3n) is 5.13. The summed E-state index contributed by atoms with van der Waals surface area (Å²) in [6.45, 7) is 7.03. The maximum atomic E-state index is 13.0. The first-order valence-corrected chi connectivity index (χ1v) is 9.03. The van der Waals surface area contributed by atoms with Gasteiger partial charge in [0, 0.05) is 16.1 Å². The third kappa shape index (κ3) is 3.23. The molecule has 1 N–H and O–H groups in total. The fourth-order valence-electron chi connectivity index (χ4n) is 3.38. The Bertz CT molecular complexity index is 970. The van der Waals surface area contributed by atoms with Crippen LogP contribution in [0.3, 0.4) is 0 Å². The number of amides is 3. The molecule has 2 aromatic carbocycles. The van der Waals surface area contributed by atoms with Crippen LogP contribution in [0.15, 0.2) is 36.4 Å². The van der Waals surface area contributed by atoms with Crippen LogP contribution in [-0.4, -0.2) is 29.2 Å². The quantitative estimate of drug-likeness (QED) is 0.641. The number of nitrogens with zero attached hydrogens (tertiary/aromatic N) is 1. The zero-order chi connectivity index (χ0) is 19.9. The minimum Gasteiger partial charge on any atom is -0.319 e. The van der Waals surface area contributed by atoms with E-state index in [9.17, 15) is 14.4 Å². The van der Waals surface area contributed by atoms with E-state index in [1.807, 2.05) is 26.8 Å². The number of hydrogen-bond donors (Lipinski definition) is 1. The SMILES string of the molecule is Cc1cc(C)c(C(=O)CN2C(=O)N[C@](C)(c3ccccc3Cl)C2=O)cc1C. The minimum absolute atomic E-state index is 0.275. The van der Waals surface area contributed by atoms with E-state index >= 15 is 0 Å². The summed E-state index contributed by atoms with van der Waals surface area (Å²) in [7, 11) is 0. The van der Waals surface area contributed by atoms with Crippen molar-refractivity contribution in [3.05, 3.63) is 69.2 Å². The van der Waals surface area contributed by atoms with Crippen LogP contribution in [0, 0.1) is 20.8 Å². The molecule has 0 unspecified atom stereocenters. The van der Waals surface area contributed by atoms with E-state index in [0.29, 0.717) is 16.1 Å². The summed E-state index contributed by atoms with van der Waals surface area (Å²) < 4.78 is 0. The molecule has 0 radical (unpaired) electrons. The molecule has 1 aliphatic rings. The van der Waals surface area contributed by atoms with Gasteiger partial charge in [-0.1, -0.05) is 35.9 Å². The molecule has 5 nitrogen and oxygen atoms in total. The van der Waals surface area contributed by atoms with Gasteiger partial charge in [-0.25, -0.2) is 4.79 Å². The molecule has 1 aliphatic heterocycles. The number of carbonyl (C=O) groups excluding carboxylic acids is 3. The summed E-state index contributed by atoms with van der Waals surface area (Å²) in [5.74, 6) is -0.766. The van der Waals surface area contributed by atoms with E-state index in [0.717, 1.165) is 21.6 Å². The number of Topliss-reactive ketones (excluding diaryl/α,β-unsaturated/α-hetero) is 1. The molecule has 1 atom stereocenters. The molecular weight excluding hydrogens is 364 g/mol. The average Bonchev–Trinajstić information content (AvgIpc) is 2.82. The number of carbonyl (C=O) groups is 3. The summed E-state index contributed by atoms with van der Waals surface area (Å²) in [4.78, 5) is 39.2. The van der Waals surface area contributed by atoms with Crippen molar-refractivity contribution in [3.8, 4) is 0 Å². The number of halogens is 1. The van der Waals surface area contributed by atoms with E-state index in [1.54, 1.807) is 37.3 Å². The van der Waals surface area contributed by atoms with Gasteiger partial charge in [0.2, 0.25) is 0 Å². The summed E-state index contributed by atoms with van der Waals surface area (Å²) >= 11 is 6.22. The topological polar surface area (TPSA) is 66.5 Å². The van der Waals surface area contributed by atoms with Crippen molar-refractivity contribution in [2.24, 2.45) is 0 Å². The largest absolute Gasteiger partial charge is 0.325 e. The number of benzene rings is 2. The number of hydrogen-bond acceptors (Lipinski definition) is 3. The summed E-state index contributed by atoms with van der Waals surface area (Å²) in [6.07, 6.45) is 0. The molecule has 1 saturated heterocycles. The lowest BCUT2D eigenvalue weighted by Crippen LogP contribution is -2.41. The van der Waals surface area contributed by atoms with Crippen LogP contribution in [0.2, 0.25) is 5.02 Å². The molecular formula is C21H21ClN2O3. The summed E-state index contributed by atoms with van der Waals surface area (Å²) in [5, 5.41) is 3.06. The van der Waals surface area contributed by atoms with Gasteiger partial charge in [0.15, 0.2) is 5.78 Å². The molecule has 3 rings (SSSR count). The van der Waals surface area contributed by atoms with E-state index < -0.39 is 17.5 Å². The Morgan fingerprint density at radius 1 is 1.07 bits per heavy atom. The molecule has 0 aliphatic carbocycles. The fraction of sp³-hybridized carbons (Fsp3) is 0.286. The van der Waals surface area contributed by atoms with Crippen molar-refractivity contribution >= 4 is 29.3 Å². The van der Waals surface area contributed by atoms with Gasteiger partial charge in [0.25, 0.3) is 5.91 Å². The van der Waals surface area contributed by atoms with Crippen LogP contribution >= 0.6 is 11.6 Å². The zero-order valence-electron chi connectivity index (χ0n) is 15.7. The zero-order valence-corrected chi connectivity index (χ0v) is 16.5. The van der Waals surface area contributed by atoms with E-state index in [2.05, 4.69) is 5.32 Å². The van der Waals surface area contributed by atoms with Gasteiger partial charge < -0.3 is 5.32 Å². The minimum atomic E-state index is -1.30. The molecule has 6 heteroatoms. The number of rotatable bonds is 4. The highest BCUT2D eigenvalue weighted by Gasteiger charge is 2.50. The molecule has 0 spiro atoms. The molecule has 27 heavy (non-hydrogen) atoms. The Morgan fingerprint density at radius 2 is 1.70 bits per heavy atom. The van der Waals surface area contributed by atoms with Crippen LogP contribution in [0.1, 0.15) is 39.5 Å². The van der Waals surface area contributed by atoms with Crippen molar-refractivity contribution in [3.63, 3.8) is 0 Å². The smallest absolute Gasteiger partial charge is 0.319 e. The number of aryl methyl sites for hydroxylation is 3. The van der Waals surface area contributed by atoms with Gasteiger partial charge in [0.1, 0.15) is 5.54 Å². The highest BCUT2D eigenvalue weighted by molar-refractivity contribution is 6.32. The average molecular weight is 385 g/mol. The number of ketones is 1. The maximum absolute atomic E-state index is 13.0. The van der Waals surface area contributed by atoms with Crippen molar-refractivity contribution in [1.82, 2.24) is 10.2 Å². The van der Waals surface area contributed by atoms with Gasteiger partial charge in [-0.3, -0.25) is 14.5 Å². The normalized spacial score (nSPS) is 19.4. The Balaban J connectivity index is 1.90. The van der Waals surface area contributed by atoms with Crippen molar-refractivity contribution in [2.45, 2.75) is 33.2 Å². The van der Waals surface area contributed by atoms with Crippen LogP contribution < -0.4 is 5.32 Å². The van der Waals surface area contributed by atoms with Crippen LogP contribution in [0.25, 0.3) is 0 Å². The molecule has 0 aromatic heterocycles. The fourth-order valence-corrected chi connectivity index (χ4v) is 3.70. The predicted octanol–water partition coefficient (Wildman–Crippen LogP) is 3.92. The van der Waals surface area contributed by atoms with Gasteiger partial charge in [-0.15, -0.1) is 0 Å². The highest BCUT2D eigenvalue weighted by atomic mass is 35.5. The lowest BCUT2D eigenvalue weighted by atomic mass is 9.92.